The molecule has 2 atom stereocenters. The fourth-order valence-electron chi connectivity index (χ4n) is 5.05. The fourth-order valence-corrected chi connectivity index (χ4v) is 5.05. The minimum Gasteiger partial charge on any atom is -0.492 e. The predicted molar refractivity (Wildman–Crippen MR) is 143 cm³/mol. The first-order valence-corrected chi connectivity index (χ1v) is 13.1. The van der Waals surface area contributed by atoms with Crippen LogP contribution in [0.3, 0.4) is 0 Å². The summed E-state index contributed by atoms with van der Waals surface area (Å²) in [6.45, 7) is 3.93. The van der Waals surface area contributed by atoms with Gasteiger partial charge in [0.25, 0.3) is 0 Å². The van der Waals surface area contributed by atoms with Gasteiger partial charge < -0.3 is 29.2 Å². The number of hydrogen-bond acceptors (Lipinski definition) is 7. The summed E-state index contributed by atoms with van der Waals surface area (Å²) in [5, 5.41) is 28.6. The summed E-state index contributed by atoms with van der Waals surface area (Å²) in [4.78, 5) is 11.1. The summed E-state index contributed by atoms with van der Waals surface area (Å²) >= 11 is 0. The molecule has 9 heteroatoms. The molecule has 2 N–H and O–H groups in total. The lowest BCUT2D eigenvalue weighted by Crippen LogP contribution is -2.21. The lowest BCUT2D eigenvalue weighted by atomic mass is 9.98. The molecular formula is C31H30FNO7. The number of carboxylic acid groups (broad SMARTS) is 1. The first-order valence-electron chi connectivity index (χ1n) is 13.1. The molecule has 40 heavy (non-hydrogen) atoms. The van der Waals surface area contributed by atoms with Gasteiger partial charge in [0.1, 0.15) is 46.7 Å². The minimum absolute atomic E-state index is 0.00907. The Morgan fingerprint density at radius 2 is 1.93 bits per heavy atom. The minimum atomic E-state index is -0.881. The van der Waals surface area contributed by atoms with Gasteiger partial charge in [-0.15, -0.1) is 0 Å². The normalized spacial score (nSPS) is 17.4. The summed E-state index contributed by atoms with van der Waals surface area (Å²) in [5.41, 5.74) is 1.37. The van der Waals surface area contributed by atoms with Crippen LogP contribution in [-0.4, -0.2) is 35.0 Å². The highest BCUT2D eigenvalue weighted by atomic mass is 19.1. The number of nitrogens with zero attached hydrogens (tertiary/aromatic N) is 1. The quantitative estimate of drug-likeness (QED) is 0.315. The number of aliphatic carboxylic acids is 1. The zero-order valence-corrected chi connectivity index (χ0v) is 22.3. The lowest BCUT2D eigenvalue weighted by molar-refractivity contribution is -0.137. The van der Waals surface area contributed by atoms with Crippen LogP contribution in [0.25, 0.3) is 0 Å². The molecule has 0 bridgehead atoms. The highest BCUT2D eigenvalue weighted by Gasteiger charge is 2.32. The molecule has 208 valence electrons. The highest BCUT2D eigenvalue weighted by molar-refractivity contribution is 5.69. The third-order valence-corrected chi connectivity index (χ3v) is 7.07. The standard InChI is InChI=1S/C31H30FNO7/c1-31(2,36)11-12-37-25-8-4-20(13-18(25)16-33)39-26-10-7-24(32)30-23(26)6-9-27(30)40-21-3-5-22-19(14-29(34)35)17-38-28(22)15-21/h3-5,7-8,10,13,15,19,27,36H,6,9,11-12,14,17H2,1-2H3,(H,34,35)/t19-,27-/m1/s1. The van der Waals surface area contributed by atoms with Crippen LogP contribution in [0.5, 0.6) is 28.7 Å². The number of hydrogen-bond donors (Lipinski definition) is 2. The molecule has 0 saturated heterocycles. The van der Waals surface area contributed by atoms with Gasteiger partial charge in [0, 0.05) is 41.2 Å². The molecule has 1 heterocycles. The van der Waals surface area contributed by atoms with Gasteiger partial charge in [-0.1, -0.05) is 6.07 Å². The third kappa shape index (κ3) is 5.97. The van der Waals surface area contributed by atoms with Crippen LogP contribution >= 0.6 is 0 Å². The highest BCUT2D eigenvalue weighted by Crippen LogP contribution is 2.44. The van der Waals surface area contributed by atoms with E-state index < -0.39 is 23.5 Å². The molecule has 2 aliphatic rings. The first kappa shape index (κ1) is 27.3. The van der Waals surface area contributed by atoms with Gasteiger partial charge in [-0.2, -0.15) is 5.26 Å². The van der Waals surface area contributed by atoms with E-state index in [2.05, 4.69) is 6.07 Å². The second-order valence-corrected chi connectivity index (χ2v) is 10.7. The Bertz CT molecular complexity index is 1470. The summed E-state index contributed by atoms with van der Waals surface area (Å²) < 4.78 is 38.7. The van der Waals surface area contributed by atoms with Crippen molar-refractivity contribution >= 4 is 5.97 Å². The van der Waals surface area contributed by atoms with E-state index in [-0.39, 0.29) is 24.5 Å². The van der Waals surface area contributed by atoms with Crippen molar-refractivity contribution in [2.24, 2.45) is 0 Å². The molecule has 0 saturated carbocycles. The molecule has 0 spiro atoms. The zero-order chi connectivity index (χ0) is 28.4. The fraction of sp³-hybridized carbons (Fsp3) is 0.355. The van der Waals surface area contributed by atoms with Crippen molar-refractivity contribution in [3.05, 3.63) is 76.6 Å². The number of ether oxygens (including phenoxy) is 4. The van der Waals surface area contributed by atoms with E-state index in [0.717, 1.165) is 5.56 Å². The Kier molecular flexibility index (Phi) is 7.55. The molecule has 0 radical (unpaired) electrons. The van der Waals surface area contributed by atoms with E-state index in [9.17, 15) is 15.2 Å². The maximum atomic E-state index is 15.0. The van der Waals surface area contributed by atoms with Gasteiger partial charge in [-0.05, 0) is 57.0 Å². The molecule has 0 unspecified atom stereocenters. The molecule has 0 amide bonds. The van der Waals surface area contributed by atoms with Crippen molar-refractivity contribution in [3.8, 4) is 34.8 Å². The van der Waals surface area contributed by atoms with Crippen LogP contribution in [0.2, 0.25) is 0 Å². The maximum absolute atomic E-state index is 15.0. The van der Waals surface area contributed by atoms with Crippen LogP contribution in [0, 0.1) is 17.1 Å². The van der Waals surface area contributed by atoms with Gasteiger partial charge in [0.15, 0.2) is 0 Å². The Labute approximate surface area is 231 Å². The van der Waals surface area contributed by atoms with Crippen molar-refractivity contribution in [1.29, 1.82) is 5.26 Å². The van der Waals surface area contributed by atoms with Crippen molar-refractivity contribution in [1.82, 2.24) is 0 Å². The van der Waals surface area contributed by atoms with E-state index in [4.69, 9.17) is 24.1 Å². The van der Waals surface area contributed by atoms with Crippen LogP contribution in [0.15, 0.2) is 48.5 Å². The maximum Gasteiger partial charge on any atom is 0.304 e. The number of benzene rings is 3. The van der Waals surface area contributed by atoms with Gasteiger partial charge in [0.2, 0.25) is 0 Å². The van der Waals surface area contributed by atoms with E-state index in [0.29, 0.717) is 65.7 Å². The summed E-state index contributed by atoms with van der Waals surface area (Å²) in [7, 11) is 0. The molecule has 1 aliphatic carbocycles. The third-order valence-electron chi connectivity index (χ3n) is 7.07. The SMILES string of the molecule is CC(C)(O)CCOc1ccc(Oc2ccc(F)c3c2CC[C@H]3Oc2ccc3c(c2)OC[C@H]3CC(=O)O)cc1C#N. The number of nitriles is 1. The summed E-state index contributed by atoms with van der Waals surface area (Å²) in [6.07, 6.45) is 0.951. The smallest absolute Gasteiger partial charge is 0.304 e. The molecule has 1 aliphatic heterocycles. The Balaban J connectivity index is 1.31. The van der Waals surface area contributed by atoms with Gasteiger partial charge in [-0.25, -0.2) is 4.39 Å². The number of rotatable bonds is 10. The molecule has 3 aromatic carbocycles. The van der Waals surface area contributed by atoms with Crippen LogP contribution in [0.4, 0.5) is 4.39 Å². The zero-order valence-electron chi connectivity index (χ0n) is 22.3. The molecule has 3 aromatic rings. The van der Waals surface area contributed by atoms with Crippen LogP contribution in [0.1, 0.15) is 67.4 Å². The van der Waals surface area contributed by atoms with Gasteiger partial charge in [-0.3, -0.25) is 4.79 Å². The van der Waals surface area contributed by atoms with Crippen molar-refractivity contribution < 1.29 is 38.3 Å². The van der Waals surface area contributed by atoms with E-state index in [1.165, 1.54) is 6.07 Å². The number of halogens is 1. The van der Waals surface area contributed by atoms with E-state index in [1.54, 1.807) is 50.2 Å². The second kappa shape index (κ2) is 11.1. The topological polar surface area (TPSA) is 118 Å². The predicted octanol–water partition coefficient (Wildman–Crippen LogP) is 6.05. The largest absolute Gasteiger partial charge is 0.492 e. The Morgan fingerprint density at radius 3 is 2.67 bits per heavy atom. The summed E-state index contributed by atoms with van der Waals surface area (Å²) in [6, 6.07) is 15.2. The molecule has 0 aromatic heterocycles. The molecule has 5 rings (SSSR count). The number of carboxylic acids is 1. The first-order chi connectivity index (χ1) is 19.1. The second-order valence-electron chi connectivity index (χ2n) is 10.7. The van der Waals surface area contributed by atoms with Crippen LogP contribution < -0.4 is 18.9 Å². The van der Waals surface area contributed by atoms with Crippen molar-refractivity contribution in [2.45, 2.75) is 57.2 Å². The molecular weight excluding hydrogens is 517 g/mol. The van der Waals surface area contributed by atoms with Crippen LogP contribution in [-0.2, 0) is 11.2 Å². The van der Waals surface area contributed by atoms with E-state index in [1.807, 2.05) is 6.07 Å². The van der Waals surface area contributed by atoms with Crippen molar-refractivity contribution in [2.75, 3.05) is 13.2 Å². The summed E-state index contributed by atoms with van der Waals surface area (Å²) in [5.74, 6) is 0.903. The average Bonchev–Trinajstić information content (AvgIpc) is 3.50. The lowest BCUT2D eigenvalue weighted by Gasteiger charge is -2.18. The Morgan fingerprint density at radius 1 is 1.15 bits per heavy atom. The van der Waals surface area contributed by atoms with Crippen molar-refractivity contribution in [3.63, 3.8) is 0 Å². The monoisotopic (exact) mass is 547 g/mol. The number of fused-ring (bicyclic) bond motifs is 2. The number of carbonyl (C=O) groups is 1. The van der Waals surface area contributed by atoms with E-state index >= 15 is 4.39 Å². The molecule has 8 nitrogen and oxygen atoms in total. The van der Waals surface area contributed by atoms with Gasteiger partial charge >= 0.3 is 5.97 Å². The van der Waals surface area contributed by atoms with Gasteiger partial charge in [0.05, 0.1) is 30.8 Å². The molecule has 0 fully saturated rings. The Hall–Kier alpha value is -4.29. The number of aliphatic hydroxyl groups is 1. The average molecular weight is 548 g/mol.